The lowest BCUT2D eigenvalue weighted by Crippen LogP contribution is -2.19. The summed E-state index contributed by atoms with van der Waals surface area (Å²) in [5.74, 6) is 1.13. The molecule has 0 aliphatic rings. The van der Waals surface area contributed by atoms with E-state index in [2.05, 4.69) is 45.0 Å². The van der Waals surface area contributed by atoms with Crippen LogP contribution >= 0.6 is 11.6 Å². The maximum absolute atomic E-state index is 5.99. The van der Waals surface area contributed by atoms with Gasteiger partial charge in [-0.2, -0.15) is 0 Å². The van der Waals surface area contributed by atoms with Crippen molar-refractivity contribution >= 4 is 11.6 Å². The second kappa shape index (κ2) is 4.15. The van der Waals surface area contributed by atoms with Gasteiger partial charge in [-0.05, 0) is 11.0 Å². The fourth-order valence-electron chi connectivity index (χ4n) is 1.51. The van der Waals surface area contributed by atoms with Gasteiger partial charge in [0, 0.05) is 11.8 Å². The minimum Gasteiger partial charge on any atom is -0.126 e. The molecular formula is C12H17Cl. The van der Waals surface area contributed by atoms with Gasteiger partial charge in [-0.1, -0.05) is 51.1 Å². The Labute approximate surface area is 85.9 Å². The van der Waals surface area contributed by atoms with E-state index in [0.29, 0.717) is 11.8 Å². The van der Waals surface area contributed by atoms with Crippen molar-refractivity contribution in [3.8, 4) is 0 Å². The number of halogens is 1. The summed E-state index contributed by atoms with van der Waals surface area (Å²) >= 11 is 5.99. The van der Waals surface area contributed by atoms with E-state index in [1.165, 1.54) is 5.56 Å². The van der Waals surface area contributed by atoms with Gasteiger partial charge in [0.2, 0.25) is 0 Å². The highest BCUT2D eigenvalue weighted by atomic mass is 35.5. The Hall–Kier alpha value is -0.490. The molecule has 0 amide bonds. The first-order valence-electron chi connectivity index (χ1n) is 4.66. The van der Waals surface area contributed by atoms with Crippen LogP contribution in [0.15, 0.2) is 30.3 Å². The lowest BCUT2D eigenvalue weighted by molar-refractivity contribution is 0.342. The molecule has 0 heterocycles. The summed E-state index contributed by atoms with van der Waals surface area (Å²) in [4.78, 5) is 0. The molecule has 0 nitrogen and oxygen atoms in total. The molecule has 0 aliphatic carbocycles. The lowest BCUT2D eigenvalue weighted by atomic mass is 9.78. The Morgan fingerprint density at radius 1 is 1.15 bits per heavy atom. The fraction of sp³-hybridized carbons (Fsp3) is 0.500. The standard InChI is InChI=1S/C12H17Cl/c1-12(2,3)11(9-13)10-7-5-4-6-8-10/h4-8,11H,9H2,1-3H3. The summed E-state index contributed by atoms with van der Waals surface area (Å²) in [5.41, 5.74) is 1.58. The number of rotatable bonds is 2. The topological polar surface area (TPSA) is 0 Å². The molecule has 1 rings (SSSR count). The summed E-state index contributed by atoms with van der Waals surface area (Å²) in [6, 6.07) is 10.5. The average molecular weight is 197 g/mol. The second-order valence-electron chi connectivity index (χ2n) is 4.48. The molecule has 1 atom stereocenters. The summed E-state index contributed by atoms with van der Waals surface area (Å²) < 4.78 is 0. The monoisotopic (exact) mass is 196 g/mol. The maximum Gasteiger partial charge on any atom is 0.0297 e. The third-order valence-electron chi connectivity index (χ3n) is 2.40. The molecule has 1 aromatic carbocycles. The van der Waals surface area contributed by atoms with Crippen molar-refractivity contribution < 1.29 is 0 Å². The van der Waals surface area contributed by atoms with Crippen molar-refractivity contribution in [3.05, 3.63) is 35.9 Å². The number of hydrogen-bond donors (Lipinski definition) is 0. The van der Waals surface area contributed by atoms with E-state index in [-0.39, 0.29) is 5.41 Å². The highest BCUT2D eigenvalue weighted by Crippen LogP contribution is 2.35. The highest BCUT2D eigenvalue weighted by molar-refractivity contribution is 6.18. The first kappa shape index (κ1) is 10.6. The minimum atomic E-state index is 0.239. The van der Waals surface area contributed by atoms with Gasteiger partial charge in [0.05, 0.1) is 0 Å². The van der Waals surface area contributed by atoms with Crippen LogP contribution in [0.2, 0.25) is 0 Å². The van der Waals surface area contributed by atoms with Gasteiger partial charge < -0.3 is 0 Å². The van der Waals surface area contributed by atoms with Crippen LogP contribution in [-0.4, -0.2) is 5.88 Å². The smallest absolute Gasteiger partial charge is 0.0297 e. The van der Waals surface area contributed by atoms with E-state index in [0.717, 1.165) is 0 Å². The molecule has 0 saturated carbocycles. The van der Waals surface area contributed by atoms with Gasteiger partial charge in [-0.25, -0.2) is 0 Å². The molecule has 0 spiro atoms. The largest absolute Gasteiger partial charge is 0.126 e. The van der Waals surface area contributed by atoms with Crippen LogP contribution in [-0.2, 0) is 0 Å². The summed E-state index contributed by atoms with van der Waals surface area (Å²) in [7, 11) is 0. The van der Waals surface area contributed by atoms with Crippen LogP contribution in [0.25, 0.3) is 0 Å². The fourth-order valence-corrected chi connectivity index (χ4v) is 2.15. The van der Waals surface area contributed by atoms with Crippen LogP contribution < -0.4 is 0 Å². The zero-order valence-corrected chi connectivity index (χ0v) is 9.31. The second-order valence-corrected chi connectivity index (χ2v) is 4.79. The predicted octanol–water partition coefficient (Wildman–Crippen LogP) is 4.06. The molecule has 0 aliphatic heterocycles. The molecule has 0 aromatic heterocycles. The Morgan fingerprint density at radius 2 is 1.69 bits per heavy atom. The summed E-state index contributed by atoms with van der Waals surface area (Å²) in [5, 5.41) is 0. The van der Waals surface area contributed by atoms with E-state index in [4.69, 9.17) is 11.6 Å². The summed E-state index contributed by atoms with van der Waals surface area (Å²) in [6.07, 6.45) is 0. The molecule has 13 heavy (non-hydrogen) atoms. The van der Waals surface area contributed by atoms with Crippen LogP contribution in [0.5, 0.6) is 0 Å². The Balaban J connectivity index is 2.92. The van der Waals surface area contributed by atoms with Gasteiger partial charge in [-0.3, -0.25) is 0 Å². The number of alkyl halides is 1. The molecule has 1 heteroatoms. The Bertz CT molecular complexity index is 246. The van der Waals surface area contributed by atoms with Crippen LogP contribution in [0.3, 0.4) is 0 Å². The quantitative estimate of drug-likeness (QED) is 0.626. The van der Waals surface area contributed by atoms with Crippen molar-refractivity contribution in [2.24, 2.45) is 5.41 Å². The number of benzene rings is 1. The van der Waals surface area contributed by atoms with Crippen molar-refractivity contribution in [1.29, 1.82) is 0 Å². The van der Waals surface area contributed by atoms with E-state index in [1.807, 2.05) is 6.07 Å². The summed E-state index contributed by atoms with van der Waals surface area (Å²) in [6.45, 7) is 6.69. The molecule has 0 N–H and O–H groups in total. The molecule has 0 fully saturated rings. The van der Waals surface area contributed by atoms with Crippen molar-refractivity contribution in [1.82, 2.24) is 0 Å². The molecule has 1 unspecified atom stereocenters. The molecule has 72 valence electrons. The minimum absolute atomic E-state index is 0.239. The molecule has 0 radical (unpaired) electrons. The van der Waals surface area contributed by atoms with Gasteiger partial charge in [-0.15, -0.1) is 11.6 Å². The number of hydrogen-bond acceptors (Lipinski definition) is 0. The third kappa shape index (κ3) is 2.73. The maximum atomic E-state index is 5.99. The zero-order chi connectivity index (χ0) is 9.90. The van der Waals surface area contributed by atoms with Crippen LogP contribution in [0, 0.1) is 5.41 Å². The SMILES string of the molecule is CC(C)(C)C(CCl)c1ccccc1. The molecule has 1 aromatic rings. The lowest BCUT2D eigenvalue weighted by Gasteiger charge is -2.29. The third-order valence-corrected chi connectivity index (χ3v) is 2.71. The van der Waals surface area contributed by atoms with E-state index in [9.17, 15) is 0 Å². The average Bonchev–Trinajstić information content (AvgIpc) is 2.05. The molecule has 0 bridgehead atoms. The van der Waals surface area contributed by atoms with Crippen molar-refractivity contribution in [2.75, 3.05) is 5.88 Å². The van der Waals surface area contributed by atoms with Crippen LogP contribution in [0.4, 0.5) is 0 Å². The zero-order valence-electron chi connectivity index (χ0n) is 8.55. The Kier molecular flexibility index (Phi) is 3.38. The highest BCUT2D eigenvalue weighted by Gasteiger charge is 2.24. The van der Waals surface area contributed by atoms with E-state index in [1.54, 1.807) is 0 Å². The molecule has 0 saturated heterocycles. The van der Waals surface area contributed by atoms with E-state index < -0.39 is 0 Å². The van der Waals surface area contributed by atoms with Crippen molar-refractivity contribution in [2.45, 2.75) is 26.7 Å². The van der Waals surface area contributed by atoms with Crippen molar-refractivity contribution in [3.63, 3.8) is 0 Å². The van der Waals surface area contributed by atoms with Gasteiger partial charge >= 0.3 is 0 Å². The first-order chi connectivity index (χ1) is 6.05. The van der Waals surface area contributed by atoms with Crippen LogP contribution in [0.1, 0.15) is 32.3 Å². The van der Waals surface area contributed by atoms with Gasteiger partial charge in [0.1, 0.15) is 0 Å². The normalized spacial score (nSPS) is 14.2. The van der Waals surface area contributed by atoms with Gasteiger partial charge in [0.25, 0.3) is 0 Å². The van der Waals surface area contributed by atoms with E-state index >= 15 is 0 Å². The van der Waals surface area contributed by atoms with Gasteiger partial charge in [0.15, 0.2) is 0 Å². The Morgan fingerprint density at radius 3 is 2.08 bits per heavy atom. The first-order valence-corrected chi connectivity index (χ1v) is 5.20. The predicted molar refractivity (Wildman–Crippen MR) is 59.4 cm³/mol. The molecular weight excluding hydrogens is 180 g/mol.